The lowest BCUT2D eigenvalue weighted by Crippen LogP contribution is -1.87. The lowest BCUT2D eigenvalue weighted by molar-refractivity contribution is 0.928. The van der Waals surface area contributed by atoms with Crippen molar-refractivity contribution >= 4 is 11.2 Å². The van der Waals surface area contributed by atoms with E-state index < -0.39 is 0 Å². The minimum Gasteiger partial charge on any atom is -0.338 e. The standard InChI is InChI=1S/C15H15N3/c1-2-6-12-13(11-7-4-3-5-8-11)18-15-14(12)16-9-10-17-15/h3-5,7-10H,2,6H2,1H3,(H,17,18). The SMILES string of the molecule is CCCc1c(-c2ccccc2)[nH]c2nccnc12. The van der Waals surface area contributed by atoms with Crippen LogP contribution in [0.25, 0.3) is 22.4 Å². The Morgan fingerprint density at radius 3 is 2.61 bits per heavy atom. The molecule has 90 valence electrons. The zero-order chi connectivity index (χ0) is 12.4. The molecule has 0 radical (unpaired) electrons. The molecule has 0 saturated heterocycles. The number of H-pyrrole nitrogens is 1. The predicted molar refractivity (Wildman–Crippen MR) is 73.3 cm³/mol. The van der Waals surface area contributed by atoms with Crippen LogP contribution in [0.1, 0.15) is 18.9 Å². The molecule has 2 heterocycles. The van der Waals surface area contributed by atoms with Crippen molar-refractivity contribution in [3.63, 3.8) is 0 Å². The first kappa shape index (κ1) is 11.0. The van der Waals surface area contributed by atoms with Crippen LogP contribution in [-0.4, -0.2) is 15.0 Å². The summed E-state index contributed by atoms with van der Waals surface area (Å²) in [6.45, 7) is 2.18. The molecule has 0 fully saturated rings. The van der Waals surface area contributed by atoms with E-state index in [9.17, 15) is 0 Å². The third kappa shape index (κ3) is 1.78. The number of hydrogen-bond donors (Lipinski definition) is 1. The fraction of sp³-hybridized carbons (Fsp3) is 0.200. The lowest BCUT2D eigenvalue weighted by Gasteiger charge is -2.02. The van der Waals surface area contributed by atoms with Gasteiger partial charge in [0.1, 0.15) is 5.52 Å². The molecule has 0 atom stereocenters. The predicted octanol–water partition coefficient (Wildman–Crippen LogP) is 3.58. The summed E-state index contributed by atoms with van der Waals surface area (Å²) in [5, 5.41) is 0. The van der Waals surface area contributed by atoms with Crippen LogP contribution in [-0.2, 0) is 6.42 Å². The monoisotopic (exact) mass is 237 g/mol. The molecule has 3 nitrogen and oxygen atoms in total. The van der Waals surface area contributed by atoms with Crippen LogP contribution in [0.5, 0.6) is 0 Å². The first-order chi connectivity index (χ1) is 8.90. The second-order valence-electron chi connectivity index (χ2n) is 4.35. The van der Waals surface area contributed by atoms with Crippen molar-refractivity contribution in [2.75, 3.05) is 0 Å². The quantitative estimate of drug-likeness (QED) is 0.756. The van der Waals surface area contributed by atoms with Gasteiger partial charge in [-0.05, 0) is 12.0 Å². The second-order valence-corrected chi connectivity index (χ2v) is 4.35. The number of aryl methyl sites for hydroxylation is 1. The highest BCUT2D eigenvalue weighted by Gasteiger charge is 2.13. The summed E-state index contributed by atoms with van der Waals surface area (Å²) in [4.78, 5) is 12.2. The van der Waals surface area contributed by atoms with E-state index in [1.54, 1.807) is 12.4 Å². The Morgan fingerprint density at radius 1 is 1.06 bits per heavy atom. The van der Waals surface area contributed by atoms with E-state index in [4.69, 9.17) is 0 Å². The maximum absolute atomic E-state index is 4.45. The molecule has 2 aromatic heterocycles. The maximum atomic E-state index is 4.45. The average molecular weight is 237 g/mol. The molecule has 0 unspecified atom stereocenters. The van der Waals surface area contributed by atoms with Gasteiger partial charge in [-0.15, -0.1) is 0 Å². The molecule has 3 aromatic rings. The van der Waals surface area contributed by atoms with Crippen molar-refractivity contribution in [1.82, 2.24) is 15.0 Å². The Bertz CT molecular complexity index is 656. The van der Waals surface area contributed by atoms with E-state index in [1.165, 1.54) is 11.1 Å². The molecular formula is C15H15N3. The molecule has 0 amide bonds. The van der Waals surface area contributed by atoms with Gasteiger partial charge >= 0.3 is 0 Å². The topological polar surface area (TPSA) is 41.6 Å². The Kier molecular flexibility index (Phi) is 2.81. The average Bonchev–Trinajstić information content (AvgIpc) is 2.80. The van der Waals surface area contributed by atoms with Gasteiger partial charge in [0.05, 0.1) is 5.69 Å². The maximum Gasteiger partial charge on any atom is 0.156 e. The van der Waals surface area contributed by atoms with Crippen molar-refractivity contribution in [2.45, 2.75) is 19.8 Å². The number of fused-ring (bicyclic) bond motifs is 1. The molecule has 1 aromatic carbocycles. The Hall–Kier alpha value is -2.16. The van der Waals surface area contributed by atoms with E-state index >= 15 is 0 Å². The van der Waals surface area contributed by atoms with Gasteiger partial charge in [0, 0.05) is 18.0 Å². The van der Waals surface area contributed by atoms with Gasteiger partial charge < -0.3 is 4.98 Å². The first-order valence-electron chi connectivity index (χ1n) is 6.27. The van der Waals surface area contributed by atoms with Crippen molar-refractivity contribution in [3.8, 4) is 11.3 Å². The summed E-state index contributed by atoms with van der Waals surface area (Å²) in [6.07, 6.45) is 5.60. The van der Waals surface area contributed by atoms with Crippen LogP contribution in [0.3, 0.4) is 0 Å². The largest absolute Gasteiger partial charge is 0.338 e. The summed E-state index contributed by atoms with van der Waals surface area (Å²) >= 11 is 0. The molecular weight excluding hydrogens is 222 g/mol. The molecule has 0 bridgehead atoms. The number of aromatic amines is 1. The van der Waals surface area contributed by atoms with Crippen molar-refractivity contribution in [3.05, 3.63) is 48.3 Å². The van der Waals surface area contributed by atoms with Crippen LogP contribution < -0.4 is 0 Å². The molecule has 18 heavy (non-hydrogen) atoms. The lowest BCUT2D eigenvalue weighted by atomic mass is 10.0. The van der Waals surface area contributed by atoms with Crippen molar-refractivity contribution in [1.29, 1.82) is 0 Å². The fourth-order valence-electron chi connectivity index (χ4n) is 2.31. The second kappa shape index (κ2) is 4.61. The summed E-state index contributed by atoms with van der Waals surface area (Å²) in [5.41, 5.74) is 5.49. The number of rotatable bonds is 3. The smallest absolute Gasteiger partial charge is 0.156 e. The highest BCUT2D eigenvalue weighted by atomic mass is 14.9. The summed E-state index contributed by atoms with van der Waals surface area (Å²) in [7, 11) is 0. The number of hydrogen-bond acceptors (Lipinski definition) is 2. The number of benzene rings is 1. The minimum atomic E-state index is 0.875. The highest BCUT2D eigenvalue weighted by molar-refractivity contribution is 5.85. The summed E-state index contributed by atoms with van der Waals surface area (Å²) in [5.74, 6) is 0. The van der Waals surface area contributed by atoms with Crippen LogP contribution in [0.2, 0.25) is 0 Å². The Labute approximate surface area is 106 Å². The summed E-state index contributed by atoms with van der Waals surface area (Å²) < 4.78 is 0. The molecule has 0 aliphatic heterocycles. The van der Waals surface area contributed by atoms with Gasteiger partial charge in [-0.1, -0.05) is 43.7 Å². The highest BCUT2D eigenvalue weighted by Crippen LogP contribution is 2.28. The van der Waals surface area contributed by atoms with Gasteiger partial charge in [-0.2, -0.15) is 0 Å². The zero-order valence-corrected chi connectivity index (χ0v) is 10.4. The molecule has 0 aliphatic carbocycles. The molecule has 1 N–H and O–H groups in total. The van der Waals surface area contributed by atoms with Crippen molar-refractivity contribution < 1.29 is 0 Å². The van der Waals surface area contributed by atoms with E-state index in [1.807, 2.05) is 6.07 Å². The third-order valence-electron chi connectivity index (χ3n) is 3.09. The third-order valence-corrected chi connectivity index (χ3v) is 3.09. The van der Waals surface area contributed by atoms with E-state index in [-0.39, 0.29) is 0 Å². The Balaban J connectivity index is 2.25. The number of aromatic nitrogens is 3. The molecule has 0 aliphatic rings. The van der Waals surface area contributed by atoms with Gasteiger partial charge in [0.25, 0.3) is 0 Å². The van der Waals surface area contributed by atoms with Crippen molar-refractivity contribution in [2.24, 2.45) is 0 Å². The zero-order valence-electron chi connectivity index (χ0n) is 10.4. The first-order valence-corrected chi connectivity index (χ1v) is 6.27. The molecule has 3 heteroatoms. The summed E-state index contributed by atoms with van der Waals surface area (Å²) in [6, 6.07) is 10.4. The van der Waals surface area contributed by atoms with Crippen LogP contribution >= 0.6 is 0 Å². The van der Waals surface area contributed by atoms with Gasteiger partial charge in [0.15, 0.2) is 5.65 Å². The van der Waals surface area contributed by atoms with Crippen LogP contribution in [0.4, 0.5) is 0 Å². The molecule has 0 spiro atoms. The molecule has 3 rings (SSSR count). The van der Waals surface area contributed by atoms with Gasteiger partial charge in [-0.3, -0.25) is 4.98 Å². The van der Waals surface area contributed by atoms with E-state index in [0.29, 0.717) is 0 Å². The number of nitrogens with one attached hydrogen (secondary N) is 1. The normalized spacial score (nSPS) is 10.9. The fourth-order valence-corrected chi connectivity index (χ4v) is 2.31. The number of nitrogens with zero attached hydrogens (tertiary/aromatic N) is 2. The van der Waals surface area contributed by atoms with E-state index in [0.717, 1.165) is 29.7 Å². The van der Waals surface area contributed by atoms with E-state index in [2.05, 4.69) is 46.1 Å². The van der Waals surface area contributed by atoms with Crippen LogP contribution in [0.15, 0.2) is 42.7 Å². The van der Waals surface area contributed by atoms with Crippen LogP contribution in [0, 0.1) is 0 Å². The molecule has 0 saturated carbocycles. The minimum absolute atomic E-state index is 0.875. The van der Waals surface area contributed by atoms with Gasteiger partial charge in [0.2, 0.25) is 0 Å². The Morgan fingerprint density at radius 2 is 1.83 bits per heavy atom. The van der Waals surface area contributed by atoms with Gasteiger partial charge in [-0.25, -0.2) is 4.98 Å².